The molecular formula is C15H13BrO4. The SMILES string of the molecule is COc1ccc(OC(C(=O)O)c2ccccc2)c(Br)c1. The van der Waals surface area contributed by atoms with E-state index in [1.807, 2.05) is 6.07 Å². The summed E-state index contributed by atoms with van der Waals surface area (Å²) in [6.07, 6.45) is -1.05. The molecule has 1 N–H and O–H groups in total. The van der Waals surface area contributed by atoms with E-state index in [1.54, 1.807) is 49.6 Å². The highest BCUT2D eigenvalue weighted by Crippen LogP contribution is 2.32. The first-order valence-electron chi connectivity index (χ1n) is 5.89. The van der Waals surface area contributed by atoms with E-state index in [9.17, 15) is 9.90 Å². The minimum absolute atomic E-state index is 0.446. The fourth-order valence-electron chi connectivity index (χ4n) is 1.72. The lowest BCUT2D eigenvalue weighted by Crippen LogP contribution is -2.18. The van der Waals surface area contributed by atoms with Gasteiger partial charge in [-0.25, -0.2) is 4.79 Å². The van der Waals surface area contributed by atoms with E-state index in [1.165, 1.54) is 0 Å². The van der Waals surface area contributed by atoms with Crippen LogP contribution < -0.4 is 9.47 Å². The molecule has 0 spiro atoms. The molecule has 0 saturated carbocycles. The molecule has 0 aromatic heterocycles. The molecule has 2 rings (SSSR count). The Labute approximate surface area is 125 Å². The summed E-state index contributed by atoms with van der Waals surface area (Å²) < 4.78 is 11.3. The van der Waals surface area contributed by atoms with Crippen molar-refractivity contribution < 1.29 is 19.4 Å². The molecule has 104 valence electrons. The summed E-state index contributed by atoms with van der Waals surface area (Å²) in [5, 5.41) is 9.31. The van der Waals surface area contributed by atoms with E-state index >= 15 is 0 Å². The van der Waals surface area contributed by atoms with Gasteiger partial charge >= 0.3 is 5.97 Å². The first kappa shape index (κ1) is 14.4. The van der Waals surface area contributed by atoms with Crippen LogP contribution in [0.15, 0.2) is 53.0 Å². The van der Waals surface area contributed by atoms with E-state index in [0.29, 0.717) is 21.5 Å². The fraction of sp³-hybridized carbons (Fsp3) is 0.133. The van der Waals surface area contributed by atoms with E-state index in [-0.39, 0.29) is 0 Å². The third-order valence-corrected chi connectivity index (χ3v) is 3.33. The van der Waals surface area contributed by atoms with Crippen molar-refractivity contribution in [1.29, 1.82) is 0 Å². The molecule has 0 aliphatic carbocycles. The van der Waals surface area contributed by atoms with Crippen LogP contribution in [0.3, 0.4) is 0 Å². The van der Waals surface area contributed by atoms with Crippen LogP contribution in [-0.4, -0.2) is 18.2 Å². The van der Waals surface area contributed by atoms with Gasteiger partial charge in [0.1, 0.15) is 11.5 Å². The third-order valence-electron chi connectivity index (χ3n) is 2.71. The highest BCUT2D eigenvalue weighted by atomic mass is 79.9. The van der Waals surface area contributed by atoms with Gasteiger partial charge in [0.25, 0.3) is 0 Å². The summed E-state index contributed by atoms with van der Waals surface area (Å²) in [6.45, 7) is 0. The Balaban J connectivity index is 2.28. The topological polar surface area (TPSA) is 55.8 Å². The van der Waals surface area contributed by atoms with Crippen LogP contribution in [0.4, 0.5) is 0 Å². The van der Waals surface area contributed by atoms with Gasteiger partial charge in [0, 0.05) is 5.56 Å². The van der Waals surface area contributed by atoms with Crippen LogP contribution in [0.2, 0.25) is 0 Å². The van der Waals surface area contributed by atoms with Gasteiger partial charge in [-0.1, -0.05) is 30.3 Å². The summed E-state index contributed by atoms with van der Waals surface area (Å²) in [5.41, 5.74) is 0.586. The molecule has 4 nitrogen and oxygen atoms in total. The normalized spacial score (nSPS) is 11.7. The first-order valence-corrected chi connectivity index (χ1v) is 6.69. The molecular weight excluding hydrogens is 324 g/mol. The number of carboxylic acid groups (broad SMARTS) is 1. The van der Waals surface area contributed by atoms with Gasteiger partial charge in [0.05, 0.1) is 11.6 Å². The predicted octanol–water partition coefficient (Wildman–Crippen LogP) is 3.66. The third kappa shape index (κ3) is 3.30. The van der Waals surface area contributed by atoms with Gasteiger partial charge in [-0.15, -0.1) is 0 Å². The molecule has 20 heavy (non-hydrogen) atoms. The van der Waals surface area contributed by atoms with Crippen molar-refractivity contribution in [3.63, 3.8) is 0 Å². The Bertz CT molecular complexity index is 598. The monoisotopic (exact) mass is 336 g/mol. The number of carbonyl (C=O) groups is 1. The van der Waals surface area contributed by atoms with Crippen LogP contribution >= 0.6 is 15.9 Å². The van der Waals surface area contributed by atoms with Crippen LogP contribution in [0.5, 0.6) is 11.5 Å². The summed E-state index contributed by atoms with van der Waals surface area (Å²) in [5.74, 6) is 0.0665. The number of hydrogen-bond donors (Lipinski definition) is 1. The van der Waals surface area contributed by atoms with E-state index in [0.717, 1.165) is 0 Å². The average Bonchev–Trinajstić information content (AvgIpc) is 2.46. The first-order chi connectivity index (χ1) is 9.61. The molecule has 0 amide bonds. The van der Waals surface area contributed by atoms with Gasteiger partial charge < -0.3 is 14.6 Å². The molecule has 0 aliphatic rings. The number of ether oxygens (including phenoxy) is 2. The van der Waals surface area contributed by atoms with Crippen LogP contribution in [0.25, 0.3) is 0 Å². The molecule has 0 fully saturated rings. The fourth-order valence-corrected chi connectivity index (χ4v) is 2.17. The second-order valence-corrected chi connectivity index (χ2v) is 4.90. The minimum atomic E-state index is -1.05. The maximum atomic E-state index is 11.4. The van der Waals surface area contributed by atoms with Crippen molar-refractivity contribution in [1.82, 2.24) is 0 Å². The van der Waals surface area contributed by atoms with Gasteiger partial charge in [0.15, 0.2) is 0 Å². The Kier molecular flexibility index (Phi) is 4.63. The van der Waals surface area contributed by atoms with Crippen molar-refractivity contribution in [3.8, 4) is 11.5 Å². The number of methoxy groups -OCH3 is 1. The predicted molar refractivity (Wildman–Crippen MR) is 78.1 cm³/mol. The number of rotatable bonds is 5. The Morgan fingerprint density at radius 2 is 1.90 bits per heavy atom. The summed E-state index contributed by atoms with van der Waals surface area (Å²) >= 11 is 3.34. The zero-order chi connectivity index (χ0) is 14.5. The van der Waals surface area contributed by atoms with Gasteiger partial charge in [0.2, 0.25) is 6.10 Å². The largest absolute Gasteiger partial charge is 0.497 e. The lowest BCUT2D eigenvalue weighted by molar-refractivity contribution is -0.145. The molecule has 0 aliphatic heterocycles. The molecule has 0 bridgehead atoms. The van der Waals surface area contributed by atoms with Gasteiger partial charge in [-0.3, -0.25) is 0 Å². The zero-order valence-electron chi connectivity index (χ0n) is 10.7. The highest BCUT2D eigenvalue weighted by Gasteiger charge is 2.22. The standard InChI is InChI=1S/C15H13BrO4/c1-19-11-7-8-13(12(16)9-11)20-14(15(17)18)10-5-3-2-4-6-10/h2-9,14H,1H3,(H,17,18). The van der Waals surface area contributed by atoms with Crippen molar-refractivity contribution in [2.24, 2.45) is 0 Å². The quantitative estimate of drug-likeness (QED) is 0.905. The minimum Gasteiger partial charge on any atom is -0.497 e. The average molecular weight is 337 g/mol. The maximum Gasteiger partial charge on any atom is 0.349 e. The van der Waals surface area contributed by atoms with Crippen molar-refractivity contribution >= 4 is 21.9 Å². The Morgan fingerprint density at radius 1 is 1.20 bits per heavy atom. The molecule has 2 aromatic rings. The Morgan fingerprint density at radius 3 is 2.45 bits per heavy atom. The van der Waals surface area contributed by atoms with E-state index in [2.05, 4.69) is 15.9 Å². The summed E-state index contributed by atoms with van der Waals surface area (Å²) in [7, 11) is 1.56. The molecule has 2 aromatic carbocycles. The zero-order valence-corrected chi connectivity index (χ0v) is 12.3. The summed E-state index contributed by atoms with van der Waals surface area (Å²) in [4.78, 5) is 11.4. The van der Waals surface area contributed by atoms with Crippen LogP contribution in [0, 0.1) is 0 Å². The number of carboxylic acids is 1. The van der Waals surface area contributed by atoms with Gasteiger partial charge in [-0.05, 0) is 34.1 Å². The van der Waals surface area contributed by atoms with E-state index in [4.69, 9.17) is 9.47 Å². The second-order valence-electron chi connectivity index (χ2n) is 4.04. The van der Waals surface area contributed by atoms with E-state index < -0.39 is 12.1 Å². The molecule has 0 heterocycles. The number of halogens is 1. The van der Waals surface area contributed by atoms with Gasteiger partial charge in [-0.2, -0.15) is 0 Å². The number of benzene rings is 2. The van der Waals surface area contributed by atoms with Crippen LogP contribution in [0.1, 0.15) is 11.7 Å². The molecule has 5 heteroatoms. The molecule has 0 radical (unpaired) electrons. The lowest BCUT2D eigenvalue weighted by Gasteiger charge is -2.16. The molecule has 1 unspecified atom stereocenters. The summed E-state index contributed by atoms with van der Waals surface area (Å²) in [6, 6.07) is 13.9. The maximum absolute atomic E-state index is 11.4. The second kappa shape index (κ2) is 6.43. The highest BCUT2D eigenvalue weighted by molar-refractivity contribution is 9.10. The number of hydrogen-bond acceptors (Lipinski definition) is 3. The lowest BCUT2D eigenvalue weighted by atomic mass is 10.1. The van der Waals surface area contributed by atoms with Crippen molar-refractivity contribution in [2.45, 2.75) is 6.10 Å². The van der Waals surface area contributed by atoms with Crippen molar-refractivity contribution in [2.75, 3.05) is 7.11 Å². The van der Waals surface area contributed by atoms with Crippen LogP contribution in [-0.2, 0) is 4.79 Å². The number of aliphatic carboxylic acids is 1. The molecule has 0 saturated heterocycles. The Hall–Kier alpha value is -2.01. The molecule has 1 atom stereocenters. The smallest absolute Gasteiger partial charge is 0.349 e. The van der Waals surface area contributed by atoms with Crippen molar-refractivity contribution in [3.05, 3.63) is 58.6 Å².